The first kappa shape index (κ1) is 16.7. The lowest BCUT2D eigenvalue weighted by Gasteiger charge is -2.14. The molecule has 0 atom stereocenters. The molecule has 0 aliphatic heterocycles. The van der Waals surface area contributed by atoms with E-state index < -0.39 is 0 Å². The SMILES string of the molecule is CCc1cccc(C)c1NC(=O)CNc1cc(Cl)cc(Cl)c1. The Balaban J connectivity index is 2.02. The lowest BCUT2D eigenvalue weighted by Crippen LogP contribution is -2.22. The molecule has 1 amide bonds. The number of nitrogens with one attached hydrogen (secondary N) is 2. The van der Waals surface area contributed by atoms with Crippen molar-refractivity contribution in [3.05, 3.63) is 57.6 Å². The van der Waals surface area contributed by atoms with Crippen molar-refractivity contribution >= 4 is 40.5 Å². The Morgan fingerprint density at radius 3 is 2.45 bits per heavy atom. The summed E-state index contributed by atoms with van der Waals surface area (Å²) in [5.41, 5.74) is 3.78. The molecule has 22 heavy (non-hydrogen) atoms. The maximum absolute atomic E-state index is 12.1. The standard InChI is InChI=1S/C17H18Cl2N2O/c1-3-12-6-4-5-11(2)17(12)21-16(22)10-20-15-8-13(18)7-14(19)9-15/h4-9,20H,3,10H2,1-2H3,(H,21,22). The van der Waals surface area contributed by atoms with Crippen molar-refractivity contribution in [2.45, 2.75) is 20.3 Å². The number of carbonyl (C=O) groups is 1. The van der Waals surface area contributed by atoms with Gasteiger partial charge in [0.15, 0.2) is 0 Å². The van der Waals surface area contributed by atoms with Crippen LogP contribution in [0.1, 0.15) is 18.1 Å². The van der Waals surface area contributed by atoms with Gasteiger partial charge in [0.05, 0.1) is 6.54 Å². The molecular weight excluding hydrogens is 319 g/mol. The molecule has 5 heteroatoms. The zero-order valence-corrected chi connectivity index (χ0v) is 14.1. The molecule has 0 aliphatic carbocycles. The summed E-state index contributed by atoms with van der Waals surface area (Å²) in [5, 5.41) is 7.04. The molecule has 0 fully saturated rings. The first-order valence-electron chi connectivity index (χ1n) is 7.08. The average molecular weight is 337 g/mol. The molecule has 2 aromatic carbocycles. The third kappa shape index (κ3) is 4.39. The highest BCUT2D eigenvalue weighted by Crippen LogP contribution is 2.23. The van der Waals surface area contributed by atoms with Crippen molar-refractivity contribution in [2.24, 2.45) is 0 Å². The Bertz CT molecular complexity index is 666. The molecule has 0 radical (unpaired) electrons. The summed E-state index contributed by atoms with van der Waals surface area (Å²) in [6.45, 7) is 4.20. The van der Waals surface area contributed by atoms with Crippen LogP contribution in [0.3, 0.4) is 0 Å². The van der Waals surface area contributed by atoms with Gasteiger partial charge in [-0.25, -0.2) is 0 Å². The largest absolute Gasteiger partial charge is 0.376 e. The summed E-state index contributed by atoms with van der Waals surface area (Å²) in [6.07, 6.45) is 0.870. The summed E-state index contributed by atoms with van der Waals surface area (Å²) in [4.78, 5) is 12.1. The van der Waals surface area contributed by atoms with Crippen LogP contribution in [-0.2, 0) is 11.2 Å². The normalized spacial score (nSPS) is 10.4. The van der Waals surface area contributed by atoms with Gasteiger partial charge in [0.1, 0.15) is 0 Å². The molecular formula is C17H18Cl2N2O. The number of aryl methyl sites for hydroxylation is 2. The van der Waals surface area contributed by atoms with Gasteiger partial charge >= 0.3 is 0 Å². The van der Waals surface area contributed by atoms with Crippen LogP contribution in [0, 0.1) is 6.92 Å². The highest BCUT2D eigenvalue weighted by molar-refractivity contribution is 6.35. The second-order valence-corrected chi connectivity index (χ2v) is 5.90. The number of hydrogen-bond acceptors (Lipinski definition) is 2. The van der Waals surface area contributed by atoms with Crippen LogP contribution in [0.25, 0.3) is 0 Å². The molecule has 2 aromatic rings. The second kappa shape index (κ2) is 7.52. The van der Waals surface area contributed by atoms with Crippen LogP contribution in [-0.4, -0.2) is 12.5 Å². The van der Waals surface area contributed by atoms with Crippen LogP contribution in [0.15, 0.2) is 36.4 Å². The van der Waals surface area contributed by atoms with E-state index in [0.29, 0.717) is 15.7 Å². The number of anilines is 2. The third-order valence-corrected chi connectivity index (χ3v) is 3.76. The Morgan fingerprint density at radius 2 is 1.82 bits per heavy atom. The van der Waals surface area contributed by atoms with Crippen molar-refractivity contribution in [2.75, 3.05) is 17.2 Å². The van der Waals surface area contributed by atoms with Crippen molar-refractivity contribution in [1.29, 1.82) is 0 Å². The summed E-state index contributed by atoms with van der Waals surface area (Å²) in [6, 6.07) is 11.1. The zero-order valence-electron chi connectivity index (χ0n) is 12.5. The maximum atomic E-state index is 12.1. The molecule has 3 nitrogen and oxygen atoms in total. The minimum atomic E-state index is -0.111. The number of para-hydroxylation sites is 1. The van der Waals surface area contributed by atoms with E-state index in [0.717, 1.165) is 23.2 Å². The molecule has 116 valence electrons. The van der Waals surface area contributed by atoms with Gasteiger partial charge in [-0.15, -0.1) is 0 Å². The highest BCUT2D eigenvalue weighted by Gasteiger charge is 2.08. The topological polar surface area (TPSA) is 41.1 Å². The summed E-state index contributed by atoms with van der Waals surface area (Å²) >= 11 is 11.9. The molecule has 0 bridgehead atoms. The first-order valence-corrected chi connectivity index (χ1v) is 7.83. The molecule has 0 heterocycles. The van der Waals surface area contributed by atoms with E-state index in [4.69, 9.17) is 23.2 Å². The minimum absolute atomic E-state index is 0.111. The predicted molar refractivity (Wildman–Crippen MR) is 94.1 cm³/mol. The van der Waals surface area contributed by atoms with Gasteiger partial charge < -0.3 is 10.6 Å². The summed E-state index contributed by atoms with van der Waals surface area (Å²) < 4.78 is 0. The Labute approximate surface area is 140 Å². The smallest absolute Gasteiger partial charge is 0.243 e. The molecule has 0 saturated heterocycles. The van der Waals surface area contributed by atoms with E-state index in [-0.39, 0.29) is 12.5 Å². The minimum Gasteiger partial charge on any atom is -0.376 e. The maximum Gasteiger partial charge on any atom is 0.243 e. The van der Waals surface area contributed by atoms with Gasteiger partial charge in [-0.05, 0) is 42.7 Å². The van der Waals surface area contributed by atoms with Gasteiger partial charge in [0.2, 0.25) is 5.91 Å². The lowest BCUT2D eigenvalue weighted by atomic mass is 10.1. The number of carbonyl (C=O) groups excluding carboxylic acids is 1. The van der Waals surface area contributed by atoms with Gasteiger partial charge in [-0.1, -0.05) is 48.3 Å². The van der Waals surface area contributed by atoms with E-state index in [1.54, 1.807) is 18.2 Å². The van der Waals surface area contributed by atoms with Crippen LogP contribution < -0.4 is 10.6 Å². The number of rotatable bonds is 5. The molecule has 2 N–H and O–H groups in total. The van der Waals surface area contributed by atoms with Crippen LogP contribution in [0.5, 0.6) is 0 Å². The molecule has 0 aromatic heterocycles. The Morgan fingerprint density at radius 1 is 1.14 bits per heavy atom. The fourth-order valence-electron chi connectivity index (χ4n) is 2.22. The van der Waals surface area contributed by atoms with Crippen LogP contribution >= 0.6 is 23.2 Å². The second-order valence-electron chi connectivity index (χ2n) is 5.02. The fraction of sp³-hybridized carbons (Fsp3) is 0.235. The fourth-order valence-corrected chi connectivity index (χ4v) is 2.75. The van der Waals surface area contributed by atoms with E-state index in [1.807, 2.05) is 25.1 Å². The highest BCUT2D eigenvalue weighted by atomic mass is 35.5. The van der Waals surface area contributed by atoms with Gasteiger partial charge in [0.25, 0.3) is 0 Å². The van der Waals surface area contributed by atoms with Gasteiger partial charge in [-0.2, -0.15) is 0 Å². The number of benzene rings is 2. The Kier molecular flexibility index (Phi) is 5.69. The summed E-state index contributed by atoms with van der Waals surface area (Å²) in [7, 11) is 0. The predicted octanol–water partition coefficient (Wildman–Crippen LogP) is 4.91. The van der Waals surface area contributed by atoms with Crippen LogP contribution in [0.2, 0.25) is 10.0 Å². The average Bonchev–Trinajstić information content (AvgIpc) is 2.46. The summed E-state index contributed by atoms with van der Waals surface area (Å²) in [5.74, 6) is -0.111. The van der Waals surface area contributed by atoms with Gasteiger partial charge in [0, 0.05) is 21.4 Å². The third-order valence-electron chi connectivity index (χ3n) is 3.32. The lowest BCUT2D eigenvalue weighted by molar-refractivity contribution is -0.114. The van der Waals surface area contributed by atoms with Crippen molar-refractivity contribution in [3.8, 4) is 0 Å². The molecule has 0 aliphatic rings. The van der Waals surface area contributed by atoms with Crippen molar-refractivity contribution in [3.63, 3.8) is 0 Å². The number of halogens is 2. The molecule has 0 spiro atoms. The van der Waals surface area contributed by atoms with Crippen molar-refractivity contribution < 1.29 is 4.79 Å². The zero-order chi connectivity index (χ0) is 16.1. The van der Waals surface area contributed by atoms with E-state index >= 15 is 0 Å². The molecule has 2 rings (SSSR count). The number of amides is 1. The van der Waals surface area contributed by atoms with E-state index in [1.165, 1.54) is 0 Å². The first-order chi connectivity index (χ1) is 10.5. The molecule has 0 saturated carbocycles. The number of hydrogen-bond donors (Lipinski definition) is 2. The monoisotopic (exact) mass is 336 g/mol. The molecule has 0 unspecified atom stereocenters. The van der Waals surface area contributed by atoms with Crippen molar-refractivity contribution in [1.82, 2.24) is 0 Å². The Hall–Kier alpha value is -1.71. The van der Waals surface area contributed by atoms with Crippen LogP contribution in [0.4, 0.5) is 11.4 Å². The van der Waals surface area contributed by atoms with E-state index in [2.05, 4.69) is 17.6 Å². The van der Waals surface area contributed by atoms with E-state index in [9.17, 15) is 4.79 Å². The quantitative estimate of drug-likeness (QED) is 0.813. The van der Waals surface area contributed by atoms with Gasteiger partial charge in [-0.3, -0.25) is 4.79 Å².